The van der Waals surface area contributed by atoms with E-state index in [1.165, 1.54) is 13.0 Å². The molecule has 0 bridgehead atoms. The highest BCUT2D eigenvalue weighted by Crippen LogP contribution is 2.36. The molecule has 0 radical (unpaired) electrons. The number of ether oxygens (including phenoxy) is 1. The first kappa shape index (κ1) is 18.8. The fourth-order valence-corrected chi connectivity index (χ4v) is 2.08. The van der Waals surface area contributed by atoms with E-state index in [9.17, 15) is 31.1 Å². The lowest BCUT2D eigenvalue weighted by molar-refractivity contribution is -0.139. The molecule has 0 saturated heterocycles. The lowest BCUT2D eigenvalue weighted by Gasteiger charge is -2.14. The molecule has 0 saturated carbocycles. The number of nitrogens with zero attached hydrogens (tertiary/aromatic N) is 1. The van der Waals surface area contributed by atoms with E-state index >= 15 is 0 Å². The van der Waals surface area contributed by atoms with E-state index in [0.717, 1.165) is 18.3 Å². The average molecular weight is 363 g/mol. The van der Waals surface area contributed by atoms with E-state index in [2.05, 4.69) is 9.72 Å². The molecule has 2 aromatic rings. The second-order valence-electron chi connectivity index (χ2n) is 4.92. The van der Waals surface area contributed by atoms with Crippen molar-refractivity contribution in [2.24, 2.45) is 0 Å². The maximum absolute atomic E-state index is 13.2. The van der Waals surface area contributed by atoms with Crippen LogP contribution in [0.1, 0.15) is 28.5 Å². The van der Waals surface area contributed by atoms with Crippen molar-refractivity contribution in [3.63, 3.8) is 0 Å². The molecule has 0 aliphatic rings. The summed E-state index contributed by atoms with van der Waals surface area (Å²) in [6, 6.07) is 4.38. The Balaban J connectivity index is 2.56. The predicted molar refractivity (Wildman–Crippen MR) is 75.6 cm³/mol. The molecule has 3 nitrogen and oxygen atoms in total. The van der Waals surface area contributed by atoms with Gasteiger partial charge >= 0.3 is 18.3 Å². The molecular weight excluding hydrogens is 352 g/mol. The van der Waals surface area contributed by atoms with Crippen LogP contribution in [0.15, 0.2) is 36.5 Å². The SMILES string of the molecule is CCOC(=O)c1ncc(-c2cccc(C(F)(F)F)c2)cc1C(F)(F)F. The Labute approximate surface area is 138 Å². The second kappa shape index (κ2) is 6.73. The van der Waals surface area contributed by atoms with Crippen LogP contribution in [0.5, 0.6) is 0 Å². The molecule has 0 unspecified atom stereocenters. The van der Waals surface area contributed by atoms with Gasteiger partial charge in [0.2, 0.25) is 0 Å². The summed E-state index contributed by atoms with van der Waals surface area (Å²) in [5.41, 5.74) is -3.63. The summed E-state index contributed by atoms with van der Waals surface area (Å²) < 4.78 is 82.3. The number of benzene rings is 1. The quantitative estimate of drug-likeness (QED) is 0.571. The molecule has 9 heteroatoms. The van der Waals surface area contributed by atoms with Crippen molar-refractivity contribution in [2.45, 2.75) is 19.3 Å². The van der Waals surface area contributed by atoms with Gasteiger partial charge in [-0.05, 0) is 30.7 Å². The number of aromatic nitrogens is 1. The van der Waals surface area contributed by atoms with Crippen LogP contribution in [0.25, 0.3) is 11.1 Å². The van der Waals surface area contributed by atoms with Gasteiger partial charge in [-0.15, -0.1) is 0 Å². The van der Waals surface area contributed by atoms with Gasteiger partial charge in [0, 0.05) is 11.8 Å². The number of pyridine rings is 1. The number of esters is 1. The summed E-state index contributed by atoms with van der Waals surface area (Å²) in [7, 11) is 0. The van der Waals surface area contributed by atoms with E-state index in [1.807, 2.05) is 0 Å². The molecule has 0 amide bonds. The average Bonchev–Trinajstić information content (AvgIpc) is 2.53. The minimum atomic E-state index is -4.92. The van der Waals surface area contributed by atoms with Gasteiger partial charge in [-0.1, -0.05) is 12.1 Å². The highest BCUT2D eigenvalue weighted by molar-refractivity contribution is 5.89. The van der Waals surface area contributed by atoms with Crippen LogP contribution in [0.4, 0.5) is 26.3 Å². The van der Waals surface area contributed by atoms with Gasteiger partial charge in [-0.2, -0.15) is 26.3 Å². The highest BCUT2D eigenvalue weighted by Gasteiger charge is 2.37. The summed E-state index contributed by atoms with van der Waals surface area (Å²) >= 11 is 0. The normalized spacial score (nSPS) is 12.1. The second-order valence-corrected chi connectivity index (χ2v) is 4.92. The van der Waals surface area contributed by atoms with Crippen molar-refractivity contribution < 1.29 is 35.9 Å². The maximum atomic E-state index is 13.2. The predicted octanol–water partition coefficient (Wildman–Crippen LogP) is 4.96. The number of alkyl halides is 6. The Morgan fingerprint density at radius 1 is 1.04 bits per heavy atom. The first-order valence-electron chi connectivity index (χ1n) is 6.96. The molecule has 1 aromatic carbocycles. The Morgan fingerprint density at radius 3 is 2.28 bits per heavy atom. The Hall–Kier alpha value is -2.58. The van der Waals surface area contributed by atoms with Crippen LogP contribution < -0.4 is 0 Å². The van der Waals surface area contributed by atoms with Gasteiger partial charge in [0.25, 0.3) is 0 Å². The molecule has 0 spiro atoms. The lowest BCUT2D eigenvalue weighted by Crippen LogP contribution is -2.17. The van der Waals surface area contributed by atoms with Crippen LogP contribution >= 0.6 is 0 Å². The van der Waals surface area contributed by atoms with Gasteiger partial charge < -0.3 is 4.74 Å². The summed E-state index contributed by atoms with van der Waals surface area (Å²) in [4.78, 5) is 15.1. The highest BCUT2D eigenvalue weighted by atomic mass is 19.4. The number of carbonyl (C=O) groups excluding carboxylic acids is 1. The maximum Gasteiger partial charge on any atom is 0.418 e. The fourth-order valence-electron chi connectivity index (χ4n) is 2.08. The fraction of sp³-hybridized carbons (Fsp3) is 0.250. The van der Waals surface area contributed by atoms with Gasteiger partial charge in [-0.25, -0.2) is 9.78 Å². The standard InChI is InChI=1S/C16H11F6NO2/c1-2-25-14(24)13-12(16(20,21)22)7-10(8-23-13)9-4-3-5-11(6-9)15(17,18)19/h3-8H,2H2,1H3. The molecule has 134 valence electrons. The Bertz CT molecular complexity index is 783. The number of rotatable bonds is 3. The monoisotopic (exact) mass is 363 g/mol. The Morgan fingerprint density at radius 2 is 1.72 bits per heavy atom. The lowest BCUT2D eigenvalue weighted by atomic mass is 10.0. The minimum Gasteiger partial charge on any atom is -0.461 e. The summed E-state index contributed by atoms with van der Waals surface area (Å²) in [6.45, 7) is 1.27. The number of halogens is 6. The summed E-state index contributed by atoms with van der Waals surface area (Å²) in [6.07, 6.45) is -8.66. The molecule has 0 aliphatic carbocycles. The van der Waals surface area contributed by atoms with Crippen molar-refractivity contribution >= 4 is 5.97 Å². The largest absolute Gasteiger partial charge is 0.461 e. The first-order valence-corrected chi connectivity index (χ1v) is 6.96. The molecule has 0 N–H and O–H groups in total. The molecule has 1 heterocycles. The van der Waals surface area contributed by atoms with Crippen LogP contribution in [0.2, 0.25) is 0 Å². The zero-order chi connectivity index (χ0) is 18.8. The third-order valence-corrected chi connectivity index (χ3v) is 3.19. The van der Waals surface area contributed by atoms with Crippen molar-refractivity contribution in [2.75, 3.05) is 6.61 Å². The third-order valence-electron chi connectivity index (χ3n) is 3.19. The zero-order valence-corrected chi connectivity index (χ0v) is 12.7. The van der Waals surface area contributed by atoms with Crippen molar-refractivity contribution in [3.8, 4) is 11.1 Å². The molecule has 25 heavy (non-hydrogen) atoms. The first-order chi connectivity index (χ1) is 11.5. The van der Waals surface area contributed by atoms with Crippen LogP contribution in [0.3, 0.4) is 0 Å². The zero-order valence-electron chi connectivity index (χ0n) is 12.7. The van der Waals surface area contributed by atoms with E-state index in [0.29, 0.717) is 12.1 Å². The van der Waals surface area contributed by atoms with E-state index in [1.54, 1.807) is 0 Å². The molecule has 2 rings (SSSR count). The van der Waals surface area contributed by atoms with Gasteiger partial charge in [0.1, 0.15) is 0 Å². The molecule has 0 fully saturated rings. The Kier molecular flexibility index (Phi) is 5.05. The van der Waals surface area contributed by atoms with Crippen molar-refractivity contribution in [1.29, 1.82) is 0 Å². The van der Waals surface area contributed by atoms with Gasteiger partial charge in [0.15, 0.2) is 5.69 Å². The summed E-state index contributed by atoms with van der Waals surface area (Å²) in [5.74, 6) is -1.26. The van der Waals surface area contributed by atoms with E-state index in [4.69, 9.17) is 0 Å². The third kappa shape index (κ3) is 4.28. The summed E-state index contributed by atoms with van der Waals surface area (Å²) in [5, 5.41) is 0. The van der Waals surface area contributed by atoms with Gasteiger partial charge in [0.05, 0.1) is 17.7 Å². The van der Waals surface area contributed by atoms with Gasteiger partial charge in [-0.3, -0.25) is 0 Å². The number of carbonyl (C=O) groups is 1. The molecule has 1 aromatic heterocycles. The van der Waals surface area contributed by atoms with Crippen molar-refractivity contribution in [1.82, 2.24) is 4.98 Å². The topological polar surface area (TPSA) is 39.2 Å². The van der Waals surface area contributed by atoms with E-state index in [-0.39, 0.29) is 17.7 Å². The van der Waals surface area contributed by atoms with Crippen LogP contribution in [-0.4, -0.2) is 17.6 Å². The van der Waals surface area contributed by atoms with E-state index < -0.39 is 35.1 Å². The number of hydrogen-bond acceptors (Lipinski definition) is 3. The van der Waals surface area contributed by atoms with Crippen LogP contribution in [0, 0.1) is 0 Å². The smallest absolute Gasteiger partial charge is 0.418 e. The van der Waals surface area contributed by atoms with Crippen molar-refractivity contribution in [3.05, 3.63) is 53.3 Å². The minimum absolute atomic E-state index is 0.108. The molecule has 0 aliphatic heterocycles. The molecular formula is C16H11F6NO2. The molecule has 0 atom stereocenters. The number of hydrogen-bond donors (Lipinski definition) is 0. The van der Waals surface area contributed by atoms with Crippen LogP contribution in [-0.2, 0) is 17.1 Å².